The highest BCUT2D eigenvalue weighted by molar-refractivity contribution is 5.75. The van der Waals surface area contributed by atoms with Gasteiger partial charge in [0.1, 0.15) is 0 Å². The fourth-order valence-electron chi connectivity index (χ4n) is 3.61. The summed E-state index contributed by atoms with van der Waals surface area (Å²) in [6, 6.07) is 0. The van der Waals surface area contributed by atoms with Crippen LogP contribution in [0.25, 0.3) is 0 Å². The Bertz CT molecular complexity index is 303. The number of amides is 1. The SMILES string of the molecule is CCCCCCCCCCCCCCCCCNC(=O)CCN(CC)CC. The second-order valence-corrected chi connectivity index (χ2v) is 8.08. The Labute approximate surface area is 171 Å². The standard InChI is InChI=1S/C24H50N2O/c1-4-7-8-9-10-11-12-13-14-15-16-17-18-19-20-22-25-24(27)21-23-26(5-2)6-3/h4-23H2,1-3H3,(H,25,27). The summed E-state index contributed by atoms with van der Waals surface area (Å²) in [6.07, 6.45) is 21.4. The van der Waals surface area contributed by atoms with E-state index in [9.17, 15) is 4.79 Å². The van der Waals surface area contributed by atoms with Crippen LogP contribution in [0.5, 0.6) is 0 Å². The lowest BCUT2D eigenvalue weighted by atomic mass is 10.0. The highest BCUT2D eigenvalue weighted by atomic mass is 16.1. The molecule has 0 heterocycles. The van der Waals surface area contributed by atoms with Crippen molar-refractivity contribution < 1.29 is 4.79 Å². The van der Waals surface area contributed by atoms with Gasteiger partial charge in [0, 0.05) is 19.5 Å². The molecular weight excluding hydrogens is 332 g/mol. The molecule has 1 N–H and O–H groups in total. The third kappa shape index (κ3) is 20.0. The maximum Gasteiger partial charge on any atom is 0.221 e. The summed E-state index contributed by atoms with van der Waals surface area (Å²) in [5.41, 5.74) is 0. The van der Waals surface area contributed by atoms with Gasteiger partial charge < -0.3 is 10.2 Å². The summed E-state index contributed by atoms with van der Waals surface area (Å²) in [5, 5.41) is 3.07. The molecule has 0 aromatic heterocycles. The zero-order valence-electron chi connectivity index (χ0n) is 19.0. The maximum absolute atomic E-state index is 11.8. The number of carbonyl (C=O) groups excluding carboxylic acids is 1. The summed E-state index contributed by atoms with van der Waals surface area (Å²) >= 11 is 0. The molecule has 0 unspecified atom stereocenters. The summed E-state index contributed by atoms with van der Waals surface area (Å²) in [4.78, 5) is 14.1. The Kier molecular flexibility index (Phi) is 21.3. The van der Waals surface area contributed by atoms with Gasteiger partial charge in [0.25, 0.3) is 0 Å². The number of carbonyl (C=O) groups is 1. The van der Waals surface area contributed by atoms with E-state index < -0.39 is 0 Å². The number of unbranched alkanes of at least 4 members (excludes halogenated alkanes) is 14. The van der Waals surface area contributed by atoms with Crippen molar-refractivity contribution in [2.75, 3.05) is 26.2 Å². The molecule has 3 nitrogen and oxygen atoms in total. The van der Waals surface area contributed by atoms with Crippen LogP contribution in [0.1, 0.15) is 124 Å². The second-order valence-electron chi connectivity index (χ2n) is 8.08. The van der Waals surface area contributed by atoms with E-state index in [0.29, 0.717) is 6.42 Å². The second kappa shape index (κ2) is 21.7. The van der Waals surface area contributed by atoms with Crippen molar-refractivity contribution >= 4 is 5.91 Å². The molecular formula is C24H50N2O. The van der Waals surface area contributed by atoms with Gasteiger partial charge in [-0.25, -0.2) is 0 Å². The Morgan fingerprint density at radius 3 is 1.44 bits per heavy atom. The van der Waals surface area contributed by atoms with Gasteiger partial charge in [-0.3, -0.25) is 4.79 Å². The number of nitrogens with one attached hydrogen (secondary N) is 1. The first-order chi connectivity index (χ1) is 13.2. The average Bonchev–Trinajstić information content (AvgIpc) is 2.68. The molecule has 0 aromatic rings. The van der Waals surface area contributed by atoms with Gasteiger partial charge >= 0.3 is 0 Å². The lowest BCUT2D eigenvalue weighted by Crippen LogP contribution is -2.31. The number of hydrogen-bond acceptors (Lipinski definition) is 2. The maximum atomic E-state index is 11.8. The van der Waals surface area contributed by atoms with E-state index in [4.69, 9.17) is 0 Å². The predicted octanol–water partition coefficient (Wildman–Crippen LogP) is 6.71. The van der Waals surface area contributed by atoms with Gasteiger partial charge in [0.05, 0.1) is 0 Å². The van der Waals surface area contributed by atoms with Crippen molar-refractivity contribution in [3.05, 3.63) is 0 Å². The van der Waals surface area contributed by atoms with Crippen LogP contribution in [0.2, 0.25) is 0 Å². The zero-order chi connectivity index (χ0) is 20.0. The van der Waals surface area contributed by atoms with Crippen molar-refractivity contribution in [2.45, 2.75) is 124 Å². The Morgan fingerprint density at radius 1 is 0.630 bits per heavy atom. The lowest BCUT2D eigenvalue weighted by Gasteiger charge is -2.17. The van der Waals surface area contributed by atoms with E-state index in [1.54, 1.807) is 0 Å². The van der Waals surface area contributed by atoms with Gasteiger partial charge in [0.15, 0.2) is 0 Å². The molecule has 0 aliphatic heterocycles. The van der Waals surface area contributed by atoms with Crippen LogP contribution >= 0.6 is 0 Å². The minimum Gasteiger partial charge on any atom is -0.356 e. The smallest absolute Gasteiger partial charge is 0.221 e. The third-order valence-electron chi connectivity index (χ3n) is 5.65. The van der Waals surface area contributed by atoms with Crippen molar-refractivity contribution in [2.24, 2.45) is 0 Å². The average molecular weight is 383 g/mol. The Morgan fingerprint density at radius 2 is 1.04 bits per heavy atom. The molecule has 0 saturated carbocycles. The summed E-state index contributed by atoms with van der Waals surface area (Å²) in [5.74, 6) is 0.215. The molecule has 0 radical (unpaired) electrons. The Hall–Kier alpha value is -0.570. The third-order valence-corrected chi connectivity index (χ3v) is 5.65. The predicted molar refractivity (Wildman–Crippen MR) is 120 cm³/mol. The Balaban J connectivity index is 3.17. The topological polar surface area (TPSA) is 32.3 Å². The molecule has 0 fully saturated rings. The van der Waals surface area contributed by atoms with Crippen LogP contribution in [-0.2, 0) is 4.79 Å². The van der Waals surface area contributed by atoms with E-state index in [1.807, 2.05) is 0 Å². The molecule has 3 heteroatoms. The molecule has 0 rings (SSSR count). The lowest BCUT2D eigenvalue weighted by molar-refractivity contribution is -0.121. The highest BCUT2D eigenvalue weighted by Crippen LogP contribution is 2.13. The minimum absolute atomic E-state index is 0.215. The van der Waals surface area contributed by atoms with Crippen LogP contribution in [0.15, 0.2) is 0 Å². The van der Waals surface area contributed by atoms with E-state index in [2.05, 4.69) is 31.0 Å². The summed E-state index contributed by atoms with van der Waals surface area (Å²) in [6.45, 7) is 10.4. The molecule has 162 valence electrons. The number of hydrogen-bond donors (Lipinski definition) is 1. The van der Waals surface area contributed by atoms with Crippen LogP contribution < -0.4 is 5.32 Å². The molecule has 27 heavy (non-hydrogen) atoms. The minimum atomic E-state index is 0.215. The molecule has 1 amide bonds. The van der Waals surface area contributed by atoms with Gasteiger partial charge in [0.2, 0.25) is 5.91 Å². The van der Waals surface area contributed by atoms with E-state index >= 15 is 0 Å². The molecule has 0 saturated heterocycles. The first-order valence-electron chi connectivity index (χ1n) is 12.2. The van der Waals surface area contributed by atoms with Crippen LogP contribution in [0, 0.1) is 0 Å². The van der Waals surface area contributed by atoms with Crippen molar-refractivity contribution in [3.8, 4) is 0 Å². The van der Waals surface area contributed by atoms with E-state index in [0.717, 1.165) is 32.6 Å². The number of nitrogens with zero attached hydrogens (tertiary/aromatic N) is 1. The fraction of sp³-hybridized carbons (Fsp3) is 0.958. The van der Waals surface area contributed by atoms with Crippen molar-refractivity contribution in [3.63, 3.8) is 0 Å². The first kappa shape index (κ1) is 26.4. The van der Waals surface area contributed by atoms with Crippen LogP contribution in [0.3, 0.4) is 0 Å². The zero-order valence-corrected chi connectivity index (χ0v) is 19.0. The van der Waals surface area contributed by atoms with Crippen molar-refractivity contribution in [1.82, 2.24) is 10.2 Å². The largest absolute Gasteiger partial charge is 0.356 e. The molecule has 0 atom stereocenters. The molecule has 0 aliphatic carbocycles. The molecule has 0 aromatic carbocycles. The normalized spacial score (nSPS) is 11.3. The van der Waals surface area contributed by atoms with Crippen LogP contribution in [0.4, 0.5) is 0 Å². The van der Waals surface area contributed by atoms with E-state index in [-0.39, 0.29) is 5.91 Å². The van der Waals surface area contributed by atoms with Gasteiger partial charge in [-0.15, -0.1) is 0 Å². The summed E-state index contributed by atoms with van der Waals surface area (Å²) in [7, 11) is 0. The molecule has 0 spiro atoms. The van der Waals surface area contributed by atoms with Crippen LogP contribution in [-0.4, -0.2) is 37.0 Å². The monoisotopic (exact) mass is 382 g/mol. The quantitative estimate of drug-likeness (QED) is 0.224. The fourth-order valence-corrected chi connectivity index (χ4v) is 3.61. The van der Waals surface area contributed by atoms with Gasteiger partial charge in [-0.1, -0.05) is 111 Å². The van der Waals surface area contributed by atoms with Gasteiger partial charge in [-0.05, 0) is 19.5 Å². The summed E-state index contributed by atoms with van der Waals surface area (Å²) < 4.78 is 0. The molecule has 0 aliphatic rings. The number of rotatable bonds is 21. The van der Waals surface area contributed by atoms with E-state index in [1.165, 1.54) is 89.9 Å². The van der Waals surface area contributed by atoms with Crippen molar-refractivity contribution in [1.29, 1.82) is 0 Å². The highest BCUT2D eigenvalue weighted by Gasteiger charge is 2.04. The van der Waals surface area contributed by atoms with Gasteiger partial charge in [-0.2, -0.15) is 0 Å². The molecule has 0 bridgehead atoms. The first-order valence-corrected chi connectivity index (χ1v) is 12.2.